The fraction of sp³-hybridized carbons (Fsp3) is 0.156. The van der Waals surface area contributed by atoms with Crippen molar-refractivity contribution in [3.05, 3.63) is 84.8 Å². The van der Waals surface area contributed by atoms with E-state index in [0.717, 1.165) is 17.7 Å². The molecule has 0 saturated carbocycles. The number of benzene rings is 2. The highest BCUT2D eigenvalue weighted by Crippen LogP contribution is 2.36. The Balaban J connectivity index is 0.000000188. The lowest BCUT2D eigenvalue weighted by atomic mass is 10.1. The minimum Gasteiger partial charge on any atom is -0.481 e. The summed E-state index contributed by atoms with van der Waals surface area (Å²) in [5.74, 6) is 1.53. The smallest absolute Gasteiger partial charge is 0.358 e. The molecule has 0 amide bonds. The number of rotatable bonds is 11. The molecule has 16 nitrogen and oxygen atoms in total. The highest BCUT2D eigenvalue weighted by atomic mass is 16.5. The van der Waals surface area contributed by atoms with Crippen LogP contribution in [0.25, 0.3) is 22.6 Å². The van der Waals surface area contributed by atoms with E-state index in [1.807, 2.05) is 25.1 Å². The second-order valence-corrected chi connectivity index (χ2v) is 9.27. The molecular formula is C32H28N6O10. The van der Waals surface area contributed by atoms with Gasteiger partial charge in [0.2, 0.25) is 23.5 Å². The van der Waals surface area contributed by atoms with Gasteiger partial charge in [-0.3, -0.25) is 0 Å². The second-order valence-electron chi connectivity index (χ2n) is 9.27. The van der Waals surface area contributed by atoms with Crippen molar-refractivity contribution in [2.45, 2.75) is 6.92 Å². The van der Waals surface area contributed by atoms with Gasteiger partial charge >= 0.3 is 18.0 Å². The molecule has 1 N–H and O–H groups in total. The quantitative estimate of drug-likeness (QED) is 0.173. The number of para-hydroxylation sites is 2. The van der Waals surface area contributed by atoms with Crippen molar-refractivity contribution in [3.63, 3.8) is 0 Å². The van der Waals surface area contributed by atoms with Gasteiger partial charge in [0, 0.05) is 0 Å². The van der Waals surface area contributed by atoms with Gasteiger partial charge in [0.05, 0.1) is 57.4 Å². The van der Waals surface area contributed by atoms with E-state index >= 15 is 0 Å². The fourth-order valence-electron chi connectivity index (χ4n) is 4.11. The van der Waals surface area contributed by atoms with Crippen LogP contribution in [0, 0.1) is 6.92 Å². The number of aromatic carboxylic acids is 1. The molecule has 0 aliphatic heterocycles. The highest BCUT2D eigenvalue weighted by molar-refractivity contribution is 5.93. The third-order valence-electron chi connectivity index (χ3n) is 6.34. The van der Waals surface area contributed by atoms with Crippen LogP contribution in [0.4, 0.5) is 0 Å². The number of carbonyl (C=O) groups is 1. The lowest BCUT2D eigenvalue weighted by Crippen LogP contribution is -2.01. The molecule has 4 aromatic heterocycles. The standard InChI is InChI=1S/C16H13N3O6.C16H15N3O4/c1-22-11-7-12(23-2)19-16(18-11)25-10-6-4-3-5-9(10)14-13(15(20)21)17-8-24-14;1-10-15(22-9-17-10)11-6-4-5-7-12(11)23-16-18-13(20-2)8-14(19-16)21-3/h3-8H,1-2H3,(H,20,21);4-9H,1-3H3. The predicted octanol–water partition coefficient (Wildman–Crippen LogP) is 5.89. The summed E-state index contributed by atoms with van der Waals surface area (Å²) in [5, 5.41) is 9.21. The Bertz CT molecular complexity index is 1970. The monoisotopic (exact) mass is 656 g/mol. The predicted molar refractivity (Wildman–Crippen MR) is 166 cm³/mol. The van der Waals surface area contributed by atoms with Gasteiger partial charge in [-0.1, -0.05) is 24.3 Å². The molecule has 246 valence electrons. The van der Waals surface area contributed by atoms with Crippen molar-refractivity contribution in [2.24, 2.45) is 0 Å². The van der Waals surface area contributed by atoms with Crippen LogP contribution in [-0.4, -0.2) is 69.4 Å². The van der Waals surface area contributed by atoms with Crippen molar-refractivity contribution in [1.82, 2.24) is 29.9 Å². The molecule has 48 heavy (non-hydrogen) atoms. The zero-order valence-corrected chi connectivity index (χ0v) is 26.2. The number of hydrogen-bond donors (Lipinski definition) is 1. The molecule has 0 aliphatic carbocycles. The third kappa shape index (κ3) is 7.56. The number of ether oxygens (including phenoxy) is 6. The van der Waals surface area contributed by atoms with Crippen LogP contribution in [0.5, 0.6) is 47.0 Å². The third-order valence-corrected chi connectivity index (χ3v) is 6.34. The topological polar surface area (TPSA) is 196 Å². The average Bonchev–Trinajstić information content (AvgIpc) is 3.78. The molecule has 0 unspecified atom stereocenters. The van der Waals surface area contributed by atoms with Crippen molar-refractivity contribution in [3.8, 4) is 69.7 Å². The molecule has 0 atom stereocenters. The lowest BCUT2D eigenvalue weighted by molar-refractivity contribution is 0.0691. The summed E-state index contributed by atoms with van der Waals surface area (Å²) < 4.78 is 42.5. The van der Waals surface area contributed by atoms with Gasteiger partial charge in [0.1, 0.15) is 11.5 Å². The van der Waals surface area contributed by atoms with E-state index in [9.17, 15) is 9.90 Å². The zero-order valence-electron chi connectivity index (χ0n) is 26.2. The van der Waals surface area contributed by atoms with E-state index in [1.165, 1.54) is 40.9 Å². The molecule has 0 radical (unpaired) electrons. The number of nitrogens with zero attached hydrogens (tertiary/aromatic N) is 6. The van der Waals surface area contributed by atoms with E-state index < -0.39 is 5.97 Å². The average molecular weight is 657 g/mol. The summed E-state index contributed by atoms with van der Waals surface area (Å²) in [5.41, 5.74) is 1.70. The molecule has 2 aromatic carbocycles. The van der Waals surface area contributed by atoms with Gasteiger partial charge in [-0.2, -0.15) is 19.9 Å². The van der Waals surface area contributed by atoms with E-state index in [4.69, 9.17) is 37.3 Å². The Labute approximate surface area is 272 Å². The molecule has 16 heteroatoms. The molecular weight excluding hydrogens is 628 g/mol. The van der Waals surface area contributed by atoms with E-state index in [2.05, 4.69) is 29.9 Å². The van der Waals surface area contributed by atoms with E-state index in [0.29, 0.717) is 28.8 Å². The second kappa shape index (κ2) is 15.0. The first-order valence-corrected chi connectivity index (χ1v) is 13.9. The van der Waals surface area contributed by atoms with Crippen LogP contribution >= 0.6 is 0 Å². The van der Waals surface area contributed by atoms with Gasteiger partial charge in [-0.05, 0) is 31.2 Å². The van der Waals surface area contributed by atoms with Crippen LogP contribution in [0.3, 0.4) is 0 Å². The fourth-order valence-corrected chi connectivity index (χ4v) is 4.11. The number of oxazole rings is 2. The molecule has 0 spiro atoms. The van der Waals surface area contributed by atoms with Crippen LogP contribution in [0.15, 0.2) is 82.3 Å². The number of carboxylic acids is 1. The van der Waals surface area contributed by atoms with Gasteiger partial charge in [-0.25, -0.2) is 14.8 Å². The Morgan fingerprint density at radius 1 is 0.625 bits per heavy atom. The first-order valence-electron chi connectivity index (χ1n) is 13.9. The maximum absolute atomic E-state index is 11.3. The number of carboxylic acid groups (broad SMARTS) is 1. The molecule has 0 bridgehead atoms. The highest BCUT2D eigenvalue weighted by Gasteiger charge is 2.21. The molecule has 0 fully saturated rings. The van der Waals surface area contributed by atoms with Crippen molar-refractivity contribution >= 4 is 5.97 Å². The van der Waals surface area contributed by atoms with Crippen LogP contribution < -0.4 is 28.4 Å². The first kappa shape index (κ1) is 32.7. The van der Waals surface area contributed by atoms with Gasteiger partial charge in [-0.15, -0.1) is 0 Å². The van der Waals surface area contributed by atoms with Crippen molar-refractivity contribution < 1.29 is 47.2 Å². The van der Waals surface area contributed by atoms with Gasteiger partial charge in [0.25, 0.3) is 0 Å². The number of aryl methyl sites for hydroxylation is 1. The van der Waals surface area contributed by atoms with Crippen molar-refractivity contribution in [2.75, 3.05) is 28.4 Å². The molecule has 0 saturated heterocycles. The summed E-state index contributed by atoms with van der Waals surface area (Å²) in [4.78, 5) is 35.5. The maximum atomic E-state index is 11.3. The summed E-state index contributed by atoms with van der Waals surface area (Å²) in [6, 6.07) is 17.3. The van der Waals surface area contributed by atoms with Crippen LogP contribution in [-0.2, 0) is 0 Å². The van der Waals surface area contributed by atoms with Crippen molar-refractivity contribution in [1.29, 1.82) is 0 Å². The molecule has 6 aromatic rings. The molecule has 0 aliphatic rings. The molecule has 6 rings (SSSR count). The van der Waals surface area contributed by atoms with E-state index in [-0.39, 0.29) is 41.0 Å². The Hall–Kier alpha value is -6.71. The number of methoxy groups -OCH3 is 4. The van der Waals surface area contributed by atoms with E-state index in [1.54, 1.807) is 36.4 Å². The summed E-state index contributed by atoms with van der Waals surface area (Å²) in [6.07, 6.45) is 2.45. The lowest BCUT2D eigenvalue weighted by Gasteiger charge is -2.10. The van der Waals surface area contributed by atoms with Crippen LogP contribution in [0.1, 0.15) is 16.2 Å². The Morgan fingerprint density at radius 2 is 1.04 bits per heavy atom. The minimum absolute atomic E-state index is 0.0277. The Morgan fingerprint density at radius 3 is 1.46 bits per heavy atom. The summed E-state index contributed by atoms with van der Waals surface area (Å²) >= 11 is 0. The van der Waals surface area contributed by atoms with Gasteiger partial charge in [0.15, 0.2) is 30.0 Å². The summed E-state index contributed by atoms with van der Waals surface area (Å²) in [6.45, 7) is 1.86. The van der Waals surface area contributed by atoms with Gasteiger partial charge < -0.3 is 42.4 Å². The summed E-state index contributed by atoms with van der Waals surface area (Å²) in [7, 11) is 5.93. The Kier molecular flexibility index (Phi) is 10.2. The zero-order chi connectivity index (χ0) is 34.0. The number of hydrogen-bond acceptors (Lipinski definition) is 15. The first-order chi connectivity index (χ1) is 23.3. The SMILES string of the molecule is COc1cc(OC)nc(Oc2ccccc2-c2ocnc2C(=O)O)n1.COc1cc(OC)nc(Oc2ccccc2-c2ocnc2C)n1. The minimum atomic E-state index is -1.21. The van der Waals surface area contributed by atoms with Crippen LogP contribution in [0.2, 0.25) is 0 Å². The maximum Gasteiger partial charge on any atom is 0.358 e. The largest absolute Gasteiger partial charge is 0.481 e. The molecule has 4 heterocycles. The number of aromatic nitrogens is 6. The normalized spacial score (nSPS) is 10.4.